The van der Waals surface area contributed by atoms with Crippen LogP contribution in [0.4, 0.5) is 0 Å². The molecule has 1 aliphatic heterocycles. The summed E-state index contributed by atoms with van der Waals surface area (Å²) in [5.41, 5.74) is 3.11. The van der Waals surface area contributed by atoms with E-state index in [1.54, 1.807) is 6.20 Å². The number of hydrogen-bond donors (Lipinski definition) is 1. The summed E-state index contributed by atoms with van der Waals surface area (Å²) in [7, 11) is 0. The van der Waals surface area contributed by atoms with Crippen LogP contribution >= 0.6 is 0 Å². The van der Waals surface area contributed by atoms with Crippen molar-refractivity contribution in [1.82, 2.24) is 15.2 Å². The minimum Gasteiger partial charge on any atom is -0.492 e. The van der Waals surface area contributed by atoms with Crippen molar-refractivity contribution in [3.8, 4) is 5.75 Å². The van der Waals surface area contributed by atoms with E-state index in [-0.39, 0.29) is 17.9 Å². The predicted molar refractivity (Wildman–Crippen MR) is 127 cm³/mol. The van der Waals surface area contributed by atoms with Crippen LogP contribution in [0.25, 0.3) is 0 Å². The lowest BCUT2D eigenvalue weighted by molar-refractivity contribution is -0.127. The van der Waals surface area contributed by atoms with Crippen LogP contribution in [0.3, 0.4) is 0 Å². The van der Waals surface area contributed by atoms with E-state index in [1.807, 2.05) is 48.5 Å². The number of aryl methyl sites for hydroxylation is 1. The molecule has 2 heterocycles. The zero-order valence-electron chi connectivity index (χ0n) is 18.6. The van der Waals surface area contributed by atoms with Gasteiger partial charge in [-0.05, 0) is 62.7 Å². The molecule has 1 N–H and O–H groups in total. The lowest BCUT2D eigenvalue weighted by atomic mass is 9.94. The Bertz CT molecular complexity index is 969. The number of benzene rings is 2. The number of carbonyl (C=O) groups excluding carboxylic acids is 1. The first-order valence-electron chi connectivity index (χ1n) is 11.4. The highest BCUT2D eigenvalue weighted by molar-refractivity contribution is 5.79. The number of rotatable bonds is 8. The van der Waals surface area contributed by atoms with Crippen LogP contribution in [0.1, 0.15) is 35.7 Å². The number of pyridine rings is 1. The maximum Gasteiger partial charge on any atom is 0.224 e. The van der Waals surface area contributed by atoms with E-state index in [2.05, 4.69) is 46.4 Å². The summed E-state index contributed by atoms with van der Waals surface area (Å²) in [5, 5.41) is 3.27. The van der Waals surface area contributed by atoms with E-state index >= 15 is 0 Å². The monoisotopic (exact) mass is 429 g/mol. The largest absolute Gasteiger partial charge is 0.492 e. The summed E-state index contributed by atoms with van der Waals surface area (Å²) in [4.78, 5) is 20.0. The van der Waals surface area contributed by atoms with E-state index in [9.17, 15) is 4.79 Å². The van der Waals surface area contributed by atoms with Gasteiger partial charge in [-0.1, -0.05) is 54.1 Å². The average molecular weight is 430 g/mol. The third kappa shape index (κ3) is 5.95. The second-order valence-electron chi connectivity index (χ2n) is 8.38. The molecule has 1 amide bonds. The fraction of sp³-hybridized carbons (Fsp3) is 0.333. The highest BCUT2D eigenvalue weighted by Gasteiger charge is 2.27. The maximum atomic E-state index is 13.1. The Morgan fingerprint density at radius 1 is 1.03 bits per heavy atom. The quantitative estimate of drug-likeness (QED) is 0.577. The molecule has 5 heteroatoms. The molecule has 1 saturated heterocycles. The molecule has 1 atom stereocenters. The van der Waals surface area contributed by atoms with Gasteiger partial charge in [0, 0.05) is 18.7 Å². The van der Waals surface area contributed by atoms with Gasteiger partial charge in [-0.15, -0.1) is 0 Å². The molecule has 5 nitrogen and oxygen atoms in total. The molecular formula is C27H31N3O2. The summed E-state index contributed by atoms with van der Waals surface area (Å²) in [5.74, 6) is 1.04. The summed E-state index contributed by atoms with van der Waals surface area (Å²) >= 11 is 0. The van der Waals surface area contributed by atoms with Gasteiger partial charge in [-0.25, -0.2) is 0 Å². The van der Waals surface area contributed by atoms with E-state index in [4.69, 9.17) is 4.74 Å². The molecule has 1 fully saturated rings. The Morgan fingerprint density at radius 2 is 1.75 bits per heavy atom. The lowest BCUT2D eigenvalue weighted by Gasteiger charge is -2.32. The van der Waals surface area contributed by atoms with Crippen LogP contribution in [0, 0.1) is 12.8 Å². The van der Waals surface area contributed by atoms with Gasteiger partial charge in [-0.2, -0.15) is 0 Å². The number of para-hydroxylation sites is 1. The normalized spacial score (nSPS) is 15.8. The summed E-state index contributed by atoms with van der Waals surface area (Å²) < 4.78 is 5.81. The molecule has 3 aromatic rings. The number of nitrogens with one attached hydrogen (secondary N) is 1. The van der Waals surface area contributed by atoms with Crippen molar-refractivity contribution in [1.29, 1.82) is 0 Å². The molecular weight excluding hydrogens is 398 g/mol. The zero-order valence-corrected chi connectivity index (χ0v) is 18.6. The van der Waals surface area contributed by atoms with Crippen LogP contribution in [0.15, 0.2) is 79.0 Å². The second-order valence-corrected chi connectivity index (χ2v) is 8.38. The first-order chi connectivity index (χ1) is 15.7. The third-order valence-corrected chi connectivity index (χ3v) is 6.06. The molecule has 0 spiro atoms. The Hall–Kier alpha value is -3.18. The molecule has 0 aliphatic carbocycles. The van der Waals surface area contributed by atoms with Crippen LogP contribution in [0.2, 0.25) is 0 Å². The third-order valence-electron chi connectivity index (χ3n) is 6.06. The minimum absolute atomic E-state index is 0.0259. The number of piperidine rings is 1. The first-order valence-corrected chi connectivity index (χ1v) is 11.4. The average Bonchev–Trinajstić information content (AvgIpc) is 2.85. The number of likely N-dealkylation sites (tertiary alicyclic amines) is 1. The summed E-state index contributed by atoms with van der Waals surface area (Å²) in [6.45, 7) is 5.43. The van der Waals surface area contributed by atoms with Gasteiger partial charge < -0.3 is 10.1 Å². The van der Waals surface area contributed by atoms with Gasteiger partial charge >= 0.3 is 0 Å². The van der Waals surface area contributed by atoms with Crippen molar-refractivity contribution in [3.63, 3.8) is 0 Å². The van der Waals surface area contributed by atoms with Crippen LogP contribution in [-0.2, 0) is 4.79 Å². The number of aromatic nitrogens is 1. The van der Waals surface area contributed by atoms with E-state index < -0.39 is 0 Å². The van der Waals surface area contributed by atoms with Crippen LogP contribution < -0.4 is 10.1 Å². The summed E-state index contributed by atoms with van der Waals surface area (Å²) in [6.07, 6.45) is 3.50. The Balaban J connectivity index is 1.31. The van der Waals surface area contributed by atoms with Gasteiger partial charge in [0.2, 0.25) is 5.91 Å². The van der Waals surface area contributed by atoms with Crippen molar-refractivity contribution in [2.75, 3.05) is 26.2 Å². The highest BCUT2D eigenvalue weighted by atomic mass is 16.5. The number of carbonyl (C=O) groups is 1. The number of ether oxygens (including phenoxy) is 1. The van der Waals surface area contributed by atoms with Crippen molar-refractivity contribution in [2.45, 2.75) is 25.8 Å². The molecule has 0 radical (unpaired) electrons. The zero-order chi connectivity index (χ0) is 22.2. The number of amides is 1. The Labute approximate surface area is 190 Å². The molecule has 32 heavy (non-hydrogen) atoms. The maximum absolute atomic E-state index is 13.1. The highest BCUT2D eigenvalue weighted by Crippen LogP contribution is 2.24. The number of nitrogens with zero attached hydrogens (tertiary/aromatic N) is 2. The predicted octanol–water partition coefficient (Wildman–Crippen LogP) is 4.39. The SMILES string of the molecule is Cc1ccc(C(NC(=O)C2CCN(CCOc3ccccc3)CC2)c2ccccn2)cc1. The Kier molecular flexibility index (Phi) is 7.51. The number of hydrogen-bond acceptors (Lipinski definition) is 4. The minimum atomic E-state index is -0.235. The van der Waals surface area contributed by atoms with Gasteiger partial charge in [0.25, 0.3) is 0 Å². The first kappa shape index (κ1) is 22.0. The second kappa shape index (κ2) is 10.9. The van der Waals surface area contributed by atoms with Gasteiger partial charge in [0.1, 0.15) is 12.4 Å². The van der Waals surface area contributed by atoms with Gasteiger partial charge in [0.15, 0.2) is 0 Å². The van der Waals surface area contributed by atoms with Crippen molar-refractivity contribution in [2.24, 2.45) is 5.92 Å². The topological polar surface area (TPSA) is 54.5 Å². The van der Waals surface area contributed by atoms with Crippen LogP contribution in [0.5, 0.6) is 5.75 Å². The fourth-order valence-corrected chi connectivity index (χ4v) is 4.12. The molecule has 0 bridgehead atoms. The van der Waals surface area contributed by atoms with Gasteiger partial charge in [-0.3, -0.25) is 14.7 Å². The summed E-state index contributed by atoms with van der Waals surface area (Å²) in [6, 6.07) is 23.8. The van der Waals surface area contributed by atoms with E-state index in [0.29, 0.717) is 6.61 Å². The molecule has 1 unspecified atom stereocenters. The molecule has 1 aromatic heterocycles. The standard InChI is InChI=1S/C27H31N3O2/c1-21-10-12-22(13-11-21)26(25-9-5-6-16-28-25)29-27(31)23-14-17-30(18-15-23)19-20-32-24-7-3-2-4-8-24/h2-13,16,23,26H,14-15,17-20H2,1H3,(H,29,31). The Morgan fingerprint density at radius 3 is 2.44 bits per heavy atom. The lowest BCUT2D eigenvalue weighted by Crippen LogP contribution is -2.42. The van der Waals surface area contributed by atoms with E-state index in [0.717, 1.165) is 49.5 Å². The molecule has 166 valence electrons. The molecule has 0 saturated carbocycles. The van der Waals surface area contributed by atoms with Crippen molar-refractivity contribution in [3.05, 3.63) is 95.8 Å². The molecule has 2 aromatic carbocycles. The van der Waals surface area contributed by atoms with E-state index in [1.165, 1.54) is 5.56 Å². The van der Waals surface area contributed by atoms with Gasteiger partial charge in [0.05, 0.1) is 11.7 Å². The van der Waals surface area contributed by atoms with Crippen LogP contribution in [-0.4, -0.2) is 42.0 Å². The smallest absolute Gasteiger partial charge is 0.224 e. The molecule has 4 rings (SSSR count). The van der Waals surface area contributed by atoms with Crippen molar-refractivity contribution >= 4 is 5.91 Å². The van der Waals surface area contributed by atoms with Crippen molar-refractivity contribution < 1.29 is 9.53 Å². The molecule has 1 aliphatic rings. The fourth-order valence-electron chi connectivity index (χ4n) is 4.12.